The molecule has 0 aromatic heterocycles. The Hall–Kier alpha value is -4.17. The second-order valence-electron chi connectivity index (χ2n) is 7.93. The summed E-state index contributed by atoms with van der Waals surface area (Å²) in [5.41, 5.74) is 5.17. The summed E-state index contributed by atoms with van der Waals surface area (Å²) in [6, 6.07) is 22.4. The summed E-state index contributed by atoms with van der Waals surface area (Å²) in [7, 11) is 0. The Morgan fingerprint density at radius 3 is 2.21 bits per heavy atom. The number of aliphatic hydroxyl groups is 1. The molecule has 1 aliphatic carbocycles. The van der Waals surface area contributed by atoms with Crippen LogP contribution in [0.25, 0.3) is 11.1 Å². The summed E-state index contributed by atoms with van der Waals surface area (Å²) in [6.45, 7) is 0.169. The van der Waals surface area contributed by atoms with E-state index in [1.54, 1.807) is 18.2 Å². The lowest BCUT2D eigenvalue weighted by atomic mass is 9.98. The molecule has 1 atom stereocenters. The van der Waals surface area contributed by atoms with Gasteiger partial charge >= 0.3 is 12.1 Å². The summed E-state index contributed by atoms with van der Waals surface area (Å²) >= 11 is 0. The molecule has 174 valence electrons. The van der Waals surface area contributed by atoms with E-state index in [2.05, 4.69) is 22.8 Å². The lowest BCUT2D eigenvalue weighted by Gasteiger charge is -2.15. The highest BCUT2D eigenvalue weighted by Gasteiger charge is 2.29. The number of aliphatic carboxylic acids is 1. The molecule has 34 heavy (non-hydrogen) atoms. The number of carboxylic acids is 1. The predicted octanol–water partition coefficient (Wildman–Crippen LogP) is 3.61. The molecule has 0 fully saturated rings. The van der Waals surface area contributed by atoms with Crippen molar-refractivity contribution in [2.24, 2.45) is 0 Å². The number of anilines is 1. The molecule has 1 aliphatic rings. The van der Waals surface area contributed by atoms with Crippen molar-refractivity contribution in [2.45, 2.75) is 18.4 Å². The van der Waals surface area contributed by atoms with Gasteiger partial charge in [-0.25, -0.2) is 9.59 Å². The molecule has 3 aromatic rings. The number of nitrogens with one attached hydrogen (secondary N) is 2. The highest BCUT2D eigenvalue weighted by molar-refractivity contribution is 5.96. The van der Waals surface area contributed by atoms with Crippen LogP contribution >= 0.6 is 0 Å². The average molecular weight is 460 g/mol. The quantitative estimate of drug-likeness (QED) is 0.407. The molecule has 8 heteroatoms. The molecule has 4 rings (SSSR count). The van der Waals surface area contributed by atoms with Gasteiger partial charge in [0.15, 0.2) is 6.10 Å². The van der Waals surface area contributed by atoms with E-state index in [1.807, 2.05) is 36.4 Å². The number of carbonyl (C=O) groups is 3. The van der Waals surface area contributed by atoms with Crippen LogP contribution in [0.1, 0.15) is 33.8 Å². The predicted molar refractivity (Wildman–Crippen MR) is 126 cm³/mol. The van der Waals surface area contributed by atoms with Gasteiger partial charge in [-0.15, -0.1) is 0 Å². The van der Waals surface area contributed by atoms with E-state index in [1.165, 1.54) is 6.07 Å². The maximum atomic E-state index is 12.5. The van der Waals surface area contributed by atoms with Crippen LogP contribution in [0.3, 0.4) is 0 Å². The number of rotatable bonds is 8. The first-order chi connectivity index (χ1) is 16.4. The van der Waals surface area contributed by atoms with Crippen LogP contribution in [0.5, 0.6) is 0 Å². The fourth-order valence-electron chi connectivity index (χ4n) is 4.04. The molecule has 0 radical (unpaired) electrons. The number of hydrogen-bond acceptors (Lipinski definition) is 5. The molecule has 0 saturated heterocycles. The van der Waals surface area contributed by atoms with Crippen LogP contribution in [0.4, 0.5) is 10.5 Å². The summed E-state index contributed by atoms with van der Waals surface area (Å²) in [5, 5.41) is 23.1. The SMILES string of the molecule is O=C(Nc1cccc(C(=O)NCC[C@H](O)C(=O)O)c1)OCC1c2ccccc2-c2ccccc21. The van der Waals surface area contributed by atoms with E-state index in [0.29, 0.717) is 5.69 Å². The van der Waals surface area contributed by atoms with Crippen LogP contribution in [0.2, 0.25) is 0 Å². The van der Waals surface area contributed by atoms with Gasteiger partial charge in [0.2, 0.25) is 0 Å². The smallest absolute Gasteiger partial charge is 0.411 e. The van der Waals surface area contributed by atoms with Crippen LogP contribution in [0, 0.1) is 0 Å². The van der Waals surface area contributed by atoms with E-state index in [9.17, 15) is 19.5 Å². The van der Waals surface area contributed by atoms with E-state index in [4.69, 9.17) is 9.84 Å². The van der Waals surface area contributed by atoms with Gasteiger partial charge in [0.05, 0.1) is 0 Å². The zero-order chi connectivity index (χ0) is 24.1. The first-order valence-electron chi connectivity index (χ1n) is 10.8. The molecule has 0 heterocycles. The minimum atomic E-state index is -1.54. The lowest BCUT2D eigenvalue weighted by molar-refractivity contribution is -0.146. The molecule has 0 unspecified atom stereocenters. The molecule has 2 amide bonds. The molecule has 0 bridgehead atoms. The van der Waals surface area contributed by atoms with E-state index >= 15 is 0 Å². The Kier molecular flexibility index (Phi) is 6.89. The zero-order valence-corrected chi connectivity index (χ0v) is 18.2. The first-order valence-corrected chi connectivity index (χ1v) is 10.8. The Balaban J connectivity index is 1.34. The standard InChI is InChI=1S/C26H24N2O6/c29-23(25(31)32)12-13-27-24(30)16-6-5-7-17(14-16)28-26(33)34-15-22-20-10-3-1-8-18(20)19-9-2-4-11-21(19)22/h1-11,14,22-23,29H,12-13,15H2,(H,27,30)(H,28,33)(H,31,32)/t23-/m0/s1. The van der Waals surface area contributed by atoms with Gasteiger partial charge in [-0.2, -0.15) is 0 Å². The van der Waals surface area contributed by atoms with Crippen molar-refractivity contribution >= 4 is 23.7 Å². The number of amides is 2. The molecule has 0 spiro atoms. The number of ether oxygens (including phenoxy) is 1. The summed E-state index contributed by atoms with van der Waals surface area (Å²) < 4.78 is 5.52. The van der Waals surface area contributed by atoms with Gasteiger partial charge in [0, 0.05) is 30.1 Å². The third-order valence-corrected chi connectivity index (χ3v) is 5.70. The Morgan fingerprint density at radius 2 is 1.56 bits per heavy atom. The minimum absolute atomic E-state index is 0.00364. The molecule has 0 aliphatic heterocycles. The third-order valence-electron chi connectivity index (χ3n) is 5.70. The van der Waals surface area contributed by atoms with Crippen molar-refractivity contribution in [2.75, 3.05) is 18.5 Å². The molecule has 8 nitrogen and oxygen atoms in total. The van der Waals surface area contributed by atoms with Gasteiger partial charge < -0.3 is 20.3 Å². The summed E-state index contributed by atoms with van der Waals surface area (Å²) in [5.74, 6) is -1.85. The van der Waals surface area contributed by atoms with Crippen molar-refractivity contribution < 1.29 is 29.3 Å². The Morgan fingerprint density at radius 1 is 0.912 bits per heavy atom. The topological polar surface area (TPSA) is 125 Å². The maximum absolute atomic E-state index is 12.5. The number of carboxylic acid groups (broad SMARTS) is 1. The van der Waals surface area contributed by atoms with Crippen LogP contribution < -0.4 is 10.6 Å². The Labute approximate surface area is 196 Å². The average Bonchev–Trinajstić information content (AvgIpc) is 3.16. The Bertz CT molecular complexity index is 1180. The number of hydrogen-bond donors (Lipinski definition) is 4. The number of aliphatic hydroxyl groups excluding tert-OH is 1. The minimum Gasteiger partial charge on any atom is -0.479 e. The van der Waals surface area contributed by atoms with Gasteiger partial charge in [0.1, 0.15) is 6.61 Å². The largest absolute Gasteiger partial charge is 0.479 e. The van der Waals surface area contributed by atoms with Crippen molar-refractivity contribution in [3.05, 3.63) is 89.5 Å². The molecular weight excluding hydrogens is 436 g/mol. The summed E-state index contributed by atoms with van der Waals surface area (Å²) in [6.07, 6.45) is -2.29. The number of carbonyl (C=O) groups excluding carboxylic acids is 2. The monoisotopic (exact) mass is 460 g/mol. The molecule has 0 saturated carbocycles. The maximum Gasteiger partial charge on any atom is 0.411 e. The van der Waals surface area contributed by atoms with Crippen molar-refractivity contribution in [1.29, 1.82) is 0 Å². The first kappa shape index (κ1) is 23.0. The van der Waals surface area contributed by atoms with Gasteiger partial charge in [-0.1, -0.05) is 54.6 Å². The van der Waals surface area contributed by atoms with Crippen molar-refractivity contribution in [3.63, 3.8) is 0 Å². The summed E-state index contributed by atoms with van der Waals surface area (Å²) in [4.78, 5) is 35.4. The fraction of sp³-hybridized carbons (Fsp3) is 0.192. The molecule has 3 aromatic carbocycles. The third kappa shape index (κ3) is 5.07. The van der Waals surface area contributed by atoms with Crippen LogP contribution in [-0.2, 0) is 9.53 Å². The number of benzene rings is 3. The molecule has 4 N–H and O–H groups in total. The van der Waals surface area contributed by atoms with Crippen LogP contribution in [-0.4, -0.2) is 47.4 Å². The highest BCUT2D eigenvalue weighted by Crippen LogP contribution is 2.44. The lowest BCUT2D eigenvalue weighted by Crippen LogP contribution is -2.30. The van der Waals surface area contributed by atoms with Crippen molar-refractivity contribution in [1.82, 2.24) is 5.32 Å². The van der Waals surface area contributed by atoms with Gasteiger partial charge in [0.25, 0.3) is 5.91 Å². The zero-order valence-electron chi connectivity index (χ0n) is 18.2. The van der Waals surface area contributed by atoms with Crippen molar-refractivity contribution in [3.8, 4) is 11.1 Å². The molecular formula is C26H24N2O6. The highest BCUT2D eigenvalue weighted by atomic mass is 16.5. The second-order valence-corrected chi connectivity index (χ2v) is 7.93. The van der Waals surface area contributed by atoms with Gasteiger partial charge in [-0.3, -0.25) is 10.1 Å². The van der Waals surface area contributed by atoms with Crippen LogP contribution in [0.15, 0.2) is 72.8 Å². The normalized spacial score (nSPS) is 12.9. The van der Waals surface area contributed by atoms with E-state index in [0.717, 1.165) is 22.3 Å². The second kappa shape index (κ2) is 10.2. The number of fused-ring (bicyclic) bond motifs is 3. The van der Waals surface area contributed by atoms with E-state index < -0.39 is 24.1 Å². The fourth-order valence-corrected chi connectivity index (χ4v) is 4.04. The van der Waals surface area contributed by atoms with E-state index in [-0.39, 0.29) is 31.1 Å². The van der Waals surface area contributed by atoms with Gasteiger partial charge in [-0.05, 0) is 40.5 Å².